The van der Waals surface area contributed by atoms with Gasteiger partial charge in [-0.2, -0.15) is 0 Å². The standard InChI is InChI=1S/C9H12N2O2S/c1-2-8(12)11-9-10-6-3-4-13-5-7(6)14-9/h2-5H2,1H3,(H,10,11,12). The number of carbonyl (C=O) groups excluding carboxylic acids is 1. The molecule has 0 aliphatic carbocycles. The number of hydrogen-bond acceptors (Lipinski definition) is 4. The number of ether oxygens (including phenoxy) is 1. The molecule has 0 bridgehead atoms. The number of nitrogens with one attached hydrogen (secondary N) is 1. The summed E-state index contributed by atoms with van der Waals surface area (Å²) in [6, 6.07) is 0. The zero-order valence-electron chi connectivity index (χ0n) is 8.00. The van der Waals surface area contributed by atoms with Crippen LogP contribution in [0.4, 0.5) is 5.13 Å². The van der Waals surface area contributed by atoms with Crippen molar-refractivity contribution in [1.82, 2.24) is 4.98 Å². The summed E-state index contributed by atoms with van der Waals surface area (Å²) in [5.41, 5.74) is 1.08. The second-order valence-electron chi connectivity index (χ2n) is 3.09. The predicted molar refractivity (Wildman–Crippen MR) is 54.4 cm³/mol. The highest BCUT2D eigenvalue weighted by atomic mass is 32.1. The van der Waals surface area contributed by atoms with Gasteiger partial charge in [-0.15, -0.1) is 0 Å². The molecular formula is C9H12N2O2S. The highest BCUT2D eigenvalue weighted by Gasteiger charge is 2.15. The minimum atomic E-state index is 0.0111. The molecule has 1 aromatic heterocycles. The van der Waals surface area contributed by atoms with E-state index in [1.54, 1.807) is 0 Å². The zero-order chi connectivity index (χ0) is 9.97. The summed E-state index contributed by atoms with van der Waals surface area (Å²) in [6.07, 6.45) is 1.34. The number of nitrogens with zero attached hydrogens (tertiary/aromatic N) is 1. The molecule has 1 amide bonds. The minimum absolute atomic E-state index is 0.0111. The van der Waals surface area contributed by atoms with Crippen LogP contribution in [0.1, 0.15) is 23.9 Å². The lowest BCUT2D eigenvalue weighted by atomic mass is 10.2. The van der Waals surface area contributed by atoms with Crippen molar-refractivity contribution < 1.29 is 9.53 Å². The maximum Gasteiger partial charge on any atom is 0.225 e. The molecule has 2 rings (SSSR count). The van der Waals surface area contributed by atoms with Crippen molar-refractivity contribution in [2.45, 2.75) is 26.4 Å². The van der Waals surface area contributed by atoms with Crippen molar-refractivity contribution in [3.05, 3.63) is 10.6 Å². The Kier molecular flexibility index (Phi) is 2.79. The first kappa shape index (κ1) is 9.61. The third-order valence-corrected chi connectivity index (χ3v) is 3.05. The first-order valence-electron chi connectivity index (χ1n) is 4.65. The van der Waals surface area contributed by atoms with Crippen LogP contribution < -0.4 is 5.32 Å². The van der Waals surface area contributed by atoms with E-state index in [0.717, 1.165) is 23.6 Å². The first-order chi connectivity index (χ1) is 6.79. The number of fused-ring (bicyclic) bond motifs is 1. The summed E-state index contributed by atoms with van der Waals surface area (Å²) in [6.45, 7) is 3.19. The lowest BCUT2D eigenvalue weighted by Gasteiger charge is -2.08. The molecule has 1 aromatic rings. The molecule has 1 aliphatic rings. The summed E-state index contributed by atoms with van der Waals surface area (Å²) in [5, 5.41) is 3.46. The summed E-state index contributed by atoms with van der Waals surface area (Å²) in [7, 11) is 0. The minimum Gasteiger partial charge on any atom is -0.375 e. The maximum absolute atomic E-state index is 11.1. The van der Waals surface area contributed by atoms with Crippen LogP contribution in [-0.2, 0) is 22.6 Å². The van der Waals surface area contributed by atoms with Gasteiger partial charge in [0.15, 0.2) is 5.13 Å². The summed E-state index contributed by atoms with van der Waals surface area (Å²) in [5.74, 6) is 0.0111. The first-order valence-corrected chi connectivity index (χ1v) is 5.47. The molecule has 1 N–H and O–H groups in total. The molecule has 1 aliphatic heterocycles. The Labute approximate surface area is 86.3 Å². The molecule has 4 nitrogen and oxygen atoms in total. The van der Waals surface area contributed by atoms with Gasteiger partial charge in [0.2, 0.25) is 5.91 Å². The quantitative estimate of drug-likeness (QED) is 0.809. The van der Waals surface area contributed by atoms with Crippen LogP contribution in [-0.4, -0.2) is 17.5 Å². The fourth-order valence-electron chi connectivity index (χ4n) is 1.29. The number of amides is 1. The van der Waals surface area contributed by atoms with Crippen LogP contribution in [0.2, 0.25) is 0 Å². The summed E-state index contributed by atoms with van der Waals surface area (Å²) < 4.78 is 5.30. The molecule has 0 saturated carbocycles. The van der Waals surface area contributed by atoms with Crippen molar-refractivity contribution in [2.75, 3.05) is 11.9 Å². The van der Waals surface area contributed by atoms with Crippen LogP contribution in [0.5, 0.6) is 0 Å². The van der Waals surface area contributed by atoms with Gasteiger partial charge in [0.25, 0.3) is 0 Å². The lowest BCUT2D eigenvalue weighted by Crippen LogP contribution is -2.09. The Balaban J connectivity index is 2.12. The molecule has 76 valence electrons. The second kappa shape index (κ2) is 4.06. The number of rotatable bonds is 2. The normalized spacial score (nSPS) is 14.9. The number of anilines is 1. The third kappa shape index (κ3) is 1.93. The van der Waals surface area contributed by atoms with Gasteiger partial charge in [-0.3, -0.25) is 4.79 Å². The number of hydrogen-bond donors (Lipinski definition) is 1. The Bertz CT molecular complexity index is 325. The van der Waals surface area contributed by atoms with Gasteiger partial charge in [0, 0.05) is 12.8 Å². The maximum atomic E-state index is 11.1. The van der Waals surface area contributed by atoms with E-state index in [0.29, 0.717) is 18.2 Å². The molecule has 0 fully saturated rings. The Morgan fingerprint density at radius 1 is 1.71 bits per heavy atom. The average Bonchev–Trinajstić information content (AvgIpc) is 2.59. The molecule has 0 spiro atoms. The van der Waals surface area contributed by atoms with Crippen LogP contribution in [0.3, 0.4) is 0 Å². The SMILES string of the molecule is CCC(=O)Nc1nc2c(s1)COCC2. The van der Waals surface area contributed by atoms with Crippen molar-refractivity contribution in [2.24, 2.45) is 0 Å². The molecule has 0 saturated heterocycles. The van der Waals surface area contributed by atoms with E-state index in [-0.39, 0.29) is 5.91 Å². The van der Waals surface area contributed by atoms with Gasteiger partial charge in [0.1, 0.15) is 0 Å². The van der Waals surface area contributed by atoms with E-state index in [1.165, 1.54) is 11.3 Å². The Hall–Kier alpha value is -0.940. The number of carbonyl (C=O) groups is 1. The predicted octanol–water partition coefficient (Wildman–Crippen LogP) is 1.56. The van der Waals surface area contributed by atoms with Gasteiger partial charge in [-0.1, -0.05) is 18.3 Å². The van der Waals surface area contributed by atoms with Crippen LogP contribution in [0, 0.1) is 0 Å². The smallest absolute Gasteiger partial charge is 0.225 e. The van der Waals surface area contributed by atoms with Crippen molar-refractivity contribution in [1.29, 1.82) is 0 Å². The van der Waals surface area contributed by atoms with Gasteiger partial charge in [-0.25, -0.2) is 4.98 Å². The monoisotopic (exact) mass is 212 g/mol. The number of thiazole rings is 1. The molecule has 14 heavy (non-hydrogen) atoms. The van der Waals surface area contributed by atoms with Crippen LogP contribution in [0.15, 0.2) is 0 Å². The molecule has 0 atom stereocenters. The van der Waals surface area contributed by atoms with Crippen LogP contribution in [0.25, 0.3) is 0 Å². The lowest BCUT2D eigenvalue weighted by molar-refractivity contribution is -0.115. The fourth-order valence-corrected chi connectivity index (χ4v) is 2.25. The van der Waals surface area contributed by atoms with Crippen molar-refractivity contribution in [3.63, 3.8) is 0 Å². The van der Waals surface area contributed by atoms with E-state index < -0.39 is 0 Å². The van der Waals surface area contributed by atoms with Gasteiger partial charge in [-0.05, 0) is 0 Å². The molecule has 0 aromatic carbocycles. The van der Waals surface area contributed by atoms with E-state index in [2.05, 4.69) is 10.3 Å². The topological polar surface area (TPSA) is 51.2 Å². The second-order valence-corrected chi connectivity index (χ2v) is 4.18. The largest absolute Gasteiger partial charge is 0.375 e. The number of aromatic nitrogens is 1. The molecule has 0 unspecified atom stereocenters. The molecule has 0 radical (unpaired) electrons. The molecule has 5 heteroatoms. The Morgan fingerprint density at radius 2 is 2.57 bits per heavy atom. The van der Waals surface area contributed by atoms with E-state index in [1.807, 2.05) is 6.92 Å². The Morgan fingerprint density at radius 3 is 3.29 bits per heavy atom. The van der Waals surface area contributed by atoms with Gasteiger partial charge in [0.05, 0.1) is 23.8 Å². The average molecular weight is 212 g/mol. The van der Waals surface area contributed by atoms with Gasteiger partial charge < -0.3 is 10.1 Å². The molecular weight excluding hydrogens is 200 g/mol. The van der Waals surface area contributed by atoms with Crippen molar-refractivity contribution >= 4 is 22.4 Å². The van der Waals surface area contributed by atoms with E-state index >= 15 is 0 Å². The van der Waals surface area contributed by atoms with E-state index in [9.17, 15) is 4.79 Å². The molecule has 2 heterocycles. The van der Waals surface area contributed by atoms with Crippen LogP contribution >= 0.6 is 11.3 Å². The third-order valence-electron chi connectivity index (χ3n) is 2.06. The van der Waals surface area contributed by atoms with Crippen molar-refractivity contribution in [3.8, 4) is 0 Å². The van der Waals surface area contributed by atoms with Gasteiger partial charge >= 0.3 is 0 Å². The fraction of sp³-hybridized carbons (Fsp3) is 0.556. The summed E-state index contributed by atoms with van der Waals surface area (Å²) in [4.78, 5) is 16.6. The summed E-state index contributed by atoms with van der Waals surface area (Å²) >= 11 is 1.51. The highest BCUT2D eigenvalue weighted by Crippen LogP contribution is 2.26. The highest BCUT2D eigenvalue weighted by molar-refractivity contribution is 7.15. The zero-order valence-corrected chi connectivity index (χ0v) is 8.82. The van der Waals surface area contributed by atoms with E-state index in [4.69, 9.17) is 4.74 Å².